The van der Waals surface area contributed by atoms with Crippen molar-refractivity contribution in [3.63, 3.8) is 0 Å². The van der Waals surface area contributed by atoms with Crippen LogP contribution in [0.1, 0.15) is 43.6 Å². The van der Waals surface area contributed by atoms with Gasteiger partial charge in [0.1, 0.15) is 5.76 Å². The Labute approximate surface area is 186 Å². The number of nitrogens with zero attached hydrogens (tertiary/aromatic N) is 2. The summed E-state index contributed by atoms with van der Waals surface area (Å²) < 4.78 is 11.0. The summed E-state index contributed by atoms with van der Waals surface area (Å²) in [5.74, 6) is 2.46. The first kappa shape index (κ1) is 21.9. The van der Waals surface area contributed by atoms with E-state index in [9.17, 15) is 0 Å². The Morgan fingerprint density at radius 1 is 1.13 bits per heavy atom. The minimum Gasteiger partial charge on any atom is -0.469 e. The normalized spacial score (nSPS) is 21.8. The van der Waals surface area contributed by atoms with Crippen LogP contribution in [0.25, 0.3) is 0 Å². The molecule has 4 rings (SSSR count). The van der Waals surface area contributed by atoms with Crippen LogP contribution >= 0.6 is 0 Å². The van der Waals surface area contributed by atoms with Gasteiger partial charge in [0.25, 0.3) is 0 Å². The second-order valence-corrected chi connectivity index (χ2v) is 8.72. The zero-order valence-electron chi connectivity index (χ0n) is 18.6. The van der Waals surface area contributed by atoms with Crippen LogP contribution in [-0.2, 0) is 11.2 Å². The number of piperidine rings is 1. The summed E-state index contributed by atoms with van der Waals surface area (Å²) in [5.41, 5.74) is 1.40. The van der Waals surface area contributed by atoms with Crippen molar-refractivity contribution >= 4 is 5.96 Å². The Kier molecular flexibility index (Phi) is 8.02. The van der Waals surface area contributed by atoms with E-state index in [-0.39, 0.29) is 0 Å². The molecule has 6 nitrogen and oxygen atoms in total. The van der Waals surface area contributed by atoms with Crippen LogP contribution in [-0.4, -0.2) is 56.3 Å². The average molecular weight is 425 g/mol. The van der Waals surface area contributed by atoms with Gasteiger partial charge in [0.15, 0.2) is 5.96 Å². The van der Waals surface area contributed by atoms with Gasteiger partial charge in [-0.1, -0.05) is 30.3 Å². The lowest BCUT2D eigenvalue weighted by atomic mass is 10.0. The number of likely N-dealkylation sites (tertiary alicyclic amines) is 1. The molecule has 1 aromatic heterocycles. The molecule has 0 saturated carbocycles. The number of hydrogen-bond donors (Lipinski definition) is 2. The van der Waals surface area contributed by atoms with Gasteiger partial charge in [0.2, 0.25) is 0 Å². The molecule has 0 aliphatic carbocycles. The van der Waals surface area contributed by atoms with Gasteiger partial charge in [-0.3, -0.25) is 9.89 Å². The molecule has 0 amide bonds. The first-order chi connectivity index (χ1) is 15.3. The van der Waals surface area contributed by atoms with Crippen LogP contribution < -0.4 is 10.6 Å². The van der Waals surface area contributed by atoms with Crippen LogP contribution in [0.3, 0.4) is 0 Å². The number of benzene rings is 1. The largest absolute Gasteiger partial charge is 0.469 e. The molecule has 2 aliphatic heterocycles. The van der Waals surface area contributed by atoms with Crippen LogP contribution in [0.5, 0.6) is 0 Å². The maximum Gasteiger partial charge on any atom is 0.191 e. The lowest BCUT2D eigenvalue weighted by molar-refractivity contribution is 0.158. The zero-order chi connectivity index (χ0) is 21.3. The lowest BCUT2D eigenvalue weighted by Gasteiger charge is -2.37. The third-order valence-electron chi connectivity index (χ3n) is 6.48. The summed E-state index contributed by atoms with van der Waals surface area (Å²) in [7, 11) is 0. The van der Waals surface area contributed by atoms with E-state index in [1.54, 1.807) is 6.26 Å². The van der Waals surface area contributed by atoms with Crippen LogP contribution in [0, 0.1) is 5.92 Å². The van der Waals surface area contributed by atoms with E-state index in [1.165, 1.54) is 5.56 Å². The highest BCUT2D eigenvalue weighted by atomic mass is 16.5. The molecule has 0 bridgehead atoms. The third-order valence-corrected chi connectivity index (χ3v) is 6.48. The lowest BCUT2D eigenvalue weighted by Crippen LogP contribution is -2.49. The first-order valence-electron chi connectivity index (χ1n) is 11.7. The number of ether oxygens (including phenoxy) is 1. The quantitative estimate of drug-likeness (QED) is 0.501. The molecule has 2 unspecified atom stereocenters. The molecular formula is C25H36N4O2. The summed E-state index contributed by atoms with van der Waals surface area (Å²) in [6.45, 7) is 7.85. The topological polar surface area (TPSA) is 62.0 Å². The van der Waals surface area contributed by atoms with Crippen molar-refractivity contribution in [3.8, 4) is 0 Å². The second kappa shape index (κ2) is 11.3. The van der Waals surface area contributed by atoms with Crippen molar-refractivity contribution in [3.05, 3.63) is 60.1 Å². The highest BCUT2D eigenvalue weighted by Gasteiger charge is 2.24. The number of aliphatic imine (C=N–C) groups is 1. The third kappa shape index (κ3) is 6.58. The Bertz CT molecular complexity index is 779. The molecule has 2 fully saturated rings. The molecule has 2 N–H and O–H groups in total. The van der Waals surface area contributed by atoms with Crippen molar-refractivity contribution in [1.29, 1.82) is 0 Å². The predicted molar refractivity (Wildman–Crippen MR) is 124 cm³/mol. The van der Waals surface area contributed by atoms with Crippen molar-refractivity contribution in [2.75, 3.05) is 39.4 Å². The van der Waals surface area contributed by atoms with E-state index in [0.717, 1.165) is 76.8 Å². The minimum absolute atomic E-state index is 0.453. The molecule has 0 radical (unpaired) electrons. The van der Waals surface area contributed by atoms with Crippen molar-refractivity contribution in [1.82, 2.24) is 15.5 Å². The van der Waals surface area contributed by atoms with E-state index in [1.807, 2.05) is 12.1 Å². The highest BCUT2D eigenvalue weighted by molar-refractivity contribution is 5.80. The van der Waals surface area contributed by atoms with Crippen molar-refractivity contribution < 1.29 is 9.15 Å². The number of nitrogens with one attached hydrogen (secondary N) is 2. The van der Waals surface area contributed by atoms with Crippen LogP contribution in [0.15, 0.2) is 58.1 Å². The van der Waals surface area contributed by atoms with Gasteiger partial charge < -0.3 is 19.8 Å². The fraction of sp³-hybridized carbons (Fsp3) is 0.560. The maximum absolute atomic E-state index is 5.51. The summed E-state index contributed by atoms with van der Waals surface area (Å²) >= 11 is 0. The summed E-state index contributed by atoms with van der Waals surface area (Å²) in [6, 6.07) is 15.7. The van der Waals surface area contributed by atoms with Gasteiger partial charge in [-0.15, -0.1) is 0 Å². The zero-order valence-corrected chi connectivity index (χ0v) is 18.6. The molecule has 168 valence electrons. The summed E-state index contributed by atoms with van der Waals surface area (Å²) in [6.07, 6.45) is 5.95. The minimum atomic E-state index is 0.453. The van der Waals surface area contributed by atoms with Crippen molar-refractivity contribution in [2.45, 2.75) is 44.7 Å². The van der Waals surface area contributed by atoms with Crippen LogP contribution in [0.4, 0.5) is 0 Å². The summed E-state index contributed by atoms with van der Waals surface area (Å²) in [5, 5.41) is 7.21. The smallest absolute Gasteiger partial charge is 0.191 e. The molecule has 2 aliphatic rings. The summed E-state index contributed by atoms with van der Waals surface area (Å²) in [4.78, 5) is 7.48. The van der Waals surface area contributed by atoms with Gasteiger partial charge in [-0.05, 0) is 43.9 Å². The van der Waals surface area contributed by atoms with E-state index < -0.39 is 0 Å². The Hall–Kier alpha value is -2.31. The van der Waals surface area contributed by atoms with E-state index >= 15 is 0 Å². The number of guanidine groups is 1. The molecule has 31 heavy (non-hydrogen) atoms. The van der Waals surface area contributed by atoms with Gasteiger partial charge in [0, 0.05) is 57.2 Å². The fourth-order valence-corrected chi connectivity index (χ4v) is 4.43. The van der Waals surface area contributed by atoms with Gasteiger partial charge in [-0.2, -0.15) is 0 Å². The molecule has 2 saturated heterocycles. The molecule has 2 atom stereocenters. The Morgan fingerprint density at radius 2 is 1.97 bits per heavy atom. The molecule has 3 heterocycles. The number of rotatable bonds is 8. The van der Waals surface area contributed by atoms with Gasteiger partial charge >= 0.3 is 0 Å². The van der Waals surface area contributed by atoms with Crippen molar-refractivity contribution in [2.24, 2.45) is 10.9 Å². The predicted octanol–water partition coefficient (Wildman–Crippen LogP) is 3.62. The fourth-order valence-electron chi connectivity index (χ4n) is 4.43. The first-order valence-corrected chi connectivity index (χ1v) is 11.7. The molecule has 1 aromatic carbocycles. The maximum atomic E-state index is 5.51. The van der Waals surface area contributed by atoms with Gasteiger partial charge in [0.05, 0.1) is 12.9 Å². The molecule has 2 aromatic rings. The number of furan rings is 1. The molecular weight excluding hydrogens is 388 g/mol. The van der Waals surface area contributed by atoms with E-state index in [4.69, 9.17) is 14.1 Å². The van der Waals surface area contributed by atoms with Crippen LogP contribution in [0.2, 0.25) is 0 Å². The second-order valence-electron chi connectivity index (χ2n) is 8.72. The SMILES string of the molecule is CC(c1ccccc1)N1CCC(NC(=NCC2CCOC2)NCCc2ccco2)CC1. The molecule has 0 spiro atoms. The van der Waals surface area contributed by atoms with E-state index in [2.05, 4.69) is 52.8 Å². The van der Waals surface area contributed by atoms with Gasteiger partial charge in [-0.25, -0.2) is 0 Å². The monoisotopic (exact) mass is 424 g/mol. The average Bonchev–Trinajstić information content (AvgIpc) is 3.52. The van der Waals surface area contributed by atoms with E-state index in [0.29, 0.717) is 18.0 Å². The Morgan fingerprint density at radius 3 is 2.68 bits per heavy atom. The molecule has 6 heteroatoms. The highest BCUT2D eigenvalue weighted by Crippen LogP contribution is 2.24. The Balaban J connectivity index is 1.28. The number of hydrogen-bond acceptors (Lipinski definition) is 4. The standard InChI is InChI=1S/C25H36N4O2/c1-20(22-6-3-2-4-7-22)29-14-10-23(11-15-29)28-25(27-18-21-12-17-30-19-21)26-13-9-24-8-5-16-31-24/h2-8,16,20-21,23H,9-15,17-19H2,1H3,(H2,26,27,28).